The summed E-state index contributed by atoms with van der Waals surface area (Å²) in [5.41, 5.74) is 0. The monoisotopic (exact) mass is 1870 g/mol. The molecule has 6 rings (SSSR count). The second-order valence-electron chi connectivity index (χ2n) is 50.9. The van der Waals surface area contributed by atoms with E-state index in [0.717, 1.165) is 189 Å². The van der Waals surface area contributed by atoms with Crippen LogP contribution in [0.3, 0.4) is 0 Å². The van der Waals surface area contributed by atoms with Crippen LogP contribution in [-0.4, -0.2) is 0 Å². The minimum absolute atomic E-state index is 0.888. The molecule has 0 aromatic carbocycles. The Morgan fingerprint density at radius 2 is 0.303 bits per heavy atom. The van der Waals surface area contributed by atoms with Gasteiger partial charge in [-0.25, -0.2) is 0 Å². The first-order chi connectivity index (χ1) is 61.8. The molecule has 0 spiro atoms. The molecule has 6 aliphatic rings. The van der Waals surface area contributed by atoms with Crippen LogP contribution in [0.4, 0.5) is 0 Å². The van der Waals surface area contributed by atoms with Gasteiger partial charge in [0, 0.05) is 0 Å². The highest BCUT2D eigenvalue weighted by Gasteiger charge is 2.28. The Kier molecular flexibility index (Phi) is 118. The summed E-state index contributed by atoms with van der Waals surface area (Å²) < 4.78 is 0. The van der Waals surface area contributed by atoms with Crippen molar-refractivity contribution in [3.8, 4) is 0 Å². The van der Waals surface area contributed by atoms with E-state index >= 15 is 0 Å². The molecular weight excluding hydrogens is 1590 g/mol. The zero-order valence-corrected chi connectivity index (χ0v) is 104. The van der Waals surface area contributed by atoms with Crippen molar-refractivity contribution in [1.82, 2.24) is 0 Å². The number of rotatable bonds is 37. The summed E-state index contributed by atoms with van der Waals surface area (Å²) in [6, 6.07) is 0. The fraction of sp³-hybridized carbons (Fsp3) is 1.00. The molecule has 0 aliphatic heterocycles. The van der Waals surface area contributed by atoms with Crippen molar-refractivity contribution in [2.24, 2.45) is 189 Å². The second kappa shape index (κ2) is 104. The molecule has 0 amide bonds. The molecule has 6 aliphatic carbocycles. The maximum atomic E-state index is 2.40. The topological polar surface area (TPSA) is 0 Å². The Hall–Kier alpha value is 0. The SMILES string of the molecule is CC(C)CCCC(C)C.CC1[C@H](C)CCC[C@@H]1C.CC1[C@H](C)CCC[C@@H]1C.CC1[C@H](C)CCC[C@@H]1C.CC1[C@H](C)CCC[C@@H]1C.CC1[C@H](C)CCC[C@@H]1C.CC1[C@H](C)CCC[C@@H]1C.CCC(C)CC(C)CC.CCC(C)CCC(C)C.CCC(C)CCC(C)CC.CCC(C)CCCC(C)C.CCCC(C)CC(C)CC.CCCC(C)CCC(C)C.CCCCC.CCCCCC. The van der Waals surface area contributed by atoms with Crippen LogP contribution >= 0.6 is 0 Å². The molecule has 0 bridgehead atoms. The Bertz CT molecular complexity index is 1810. The summed E-state index contributed by atoms with van der Waals surface area (Å²) >= 11 is 0. The average Bonchev–Trinajstić information content (AvgIpc) is 0.922. The molecular formula is C132H282. The predicted octanol–water partition coefficient (Wildman–Crippen LogP) is 49.1. The van der Waals surface area contributed by atoms with E-state index < -0.39 is 0 Å². The lowest BCUT2D eigenvalue weighted by Crippen LogP contribution is -2.21. The first-order valence-corrected chi connectivity index (χ1v) is 61.8. The van der Waals surface area contributed by atoms with Gasteiger partial charge in [-0.1, -0.05) is 654 Å². The number of unbranched alkanes of at least 4 members (excludes halogenated alkanes) is 5. The highest BCUT2D eigenvalue weighted by Crippen LogP contribution is 2.39. The first-order valence-electron chi connectivity index (χ1n) is 61.8. The van der Waals surface area contributed by atoms with Crippen molar-refractivity contribution in [2.75, 3.05) is 0 Å². The van der Waals surface area contributed by atoms with Gasteiger partial charge < -0.3 is 0 Å². The zero-order valence-electron chi connectivity index (χ0n) is 104. The maximum absolute atomic E-state index is 2.40. The quantitative estimate of drug-likeness (QED) is 0.0544. The smallest absolute Gasteiger partial charge is 0.0391 e. The lowest BCUT2D eigenvalue weighted by atomic mass is 9.75. The molecule has 6 fully saturated rings. The third kappa shape index (κ3) is 104. The molecule has 0 saturated heterocycles. The highest BCUT2D eigenvalue weighted by molar-refractivity contribution is 4.79. The molecule has 6 saturated carbocycles. The van der Waals surface area contributed by atoms with Gasteiger partial charge in [0.2, 0.25) is 0 Å². The summed E-state index contributed by atoms with van der Waals surface area (Å²) in [5, 5.41) is 0. The van der Waals surface area contributed by atoms with Gasteiger partial charge >= 0.3 is 0 Å². The normalized spacial score (nSPS) is 26.8. The van der Waals surface area contributed by atoms with Gasteiger partial charge in [-0.2, -0.15) is 0 Å². The number of hydrogen-bond donors (Lipinski definition) is 0. The van der Waals surface area contributed by atoms with Crippen molar-refractivity contribution >= 4 is 0 Å². The molecule has 0 radical (unpaired) electrons. The fourth-order valence-electron chi connectivity index (χ4n) is 19.5. The molecule has 0 heterocycles. The first kappa shape index (κ1) is 150. The van der Waals surface area contributed by atoms with Crippen LogP contribution in [0, 0.1) is 189 Å². The minimum atomic E-state index is 0.888. The van der Waals surface area contributed by atoms with Crippen LogP contribution in [-0.2, 0) is 0 Å². The van der Waals surface area contributed by atoms with Gasteiger partial charge in [-0.05, 0) is 202 Å². The Balaban J connectivity index is -0.000000176. The predicted molar refractivity (Wildman–Crippen MR) is 626 cm³/mol. The van der Waals surface area contributed by atoms with Crippen LogP contribution in [0.1, 0.15) is 667 Å². The fourth-order valence-corrected chi connectivity index (χ4v) is 19.5. The number of hydrogen-bond acceptors (Lipinski definition) is 0. The van der Waals surface area contributed by atoms with E-state index in [4.69, 9.17) is 0 Å². The van der Waals surface area contributed by atoms with Crippen molar-refractivity contribution in [3.63, 3.8) is 0 Å². The summed E-state index contributed by atoms with van der Waals surface area (Å²) in [6.07, 6.45) is 70.6. The molecule has 15 unspecified atom stereocenters. The van der Waals surface area contributed by atoms with E-state index in [1.807, 2.05) is 0 Å². The minimum Gasteiger partial charge on any atom is -0.0654 e. The Morgan fingerprint density at radius 1 is 0.144 bits per heavy atom. The Labute approximate surface area is 851 Å². The molecule has 132 heavy (non-hydrogen) atoms. The van der Waals surface area contributed by atoms with Crippen molar-refractivity contribution in [2.45, 2.75) is 667 Å². The van der Waals surface area contributed by atoms with E-state index in [-0.39, 0.29) is 0 Å². The summed E-state index contributed by atoms with van der Waals surface area (Å²) in [4.78, 5) is 0. The lowest BCUT2D eigenvalue weighted by Gasteiger charge is -2.31. The molecule has 0 aromatic rings. The summed E-state index contributed by atoms with van der Waals surface area (Å²) in [6.45, 7) is 117. The van der Waals surface area contributed by atoms with E-state index in [9.17, 15) is 0 Å². The third-order valence-corrected chi connectivity index (χ3v) is 35.1. The Morgan fingerprint density at radius 3 is 0.462 bits per heavy atom. The van der Waals surface area contributed by atoms with Gasteiger partial charge in [0.1, 0.15) is 0 Å². The van der Waals surface area contributed by atoms with Crippen LogP contribution in [0.15, 0.2) is 0 Å². The van der Waals surface area contributed by atoms with Gasteiger partial charge in [-0.15, -0.1) is 0 Å². The standard InChI is InChI=1S/4C10H22.6C9H18.3C9H20.C6H14.C5H12/c1-5-10(4)8-6-7-9(2)3;1-5-6-10(4)8-7-9(2)3;1-5-9(3)7-8-10(4)6-2;1-5-7-10(4)8-9(3)6-2;6*1-7-5-4-6-8(2)9(7)3;1-8(2)6-5-7-9(3)4;1-5-9(4)7-6-8(2)3;1-5-8(3)7-9(4)6-2;1-3-5-6-4-2;1-3-5-4-2/h4*9-10H,5-8H2,1-4H3;6*7-9H,4-6H2,1-3H3;3*8-9H,5-7H2,1-4H3;3-6H2,1-2H3;3-5H2,1-2H3/t;;;;6*7-,8+,9?;;;;;. The van der Waals surface area contributed by atoms with Crippen molar-refractivity contribution < 1.29 is 0 Å². The zero-order chi connectivity index (χ0) is 104. The molecule has 27 atom stereocenters. The van der Waals surface area contributed by atoms with E-state index in [1.165, 1.54) is 321 Å². The van der Waals surface area contributed by atoms with E-state index in [2.05, 4.69) is 346 Å². The second-order valence-corrected chi connectivity index (χ2v) is 50.9. The molecule has 0 heteroatoms. The van der Waals surface area contributed by atoms with Crippen LogP contribution < -0.4 is 0 Å². The summed E-state index contributed by atoms with van der Waals surface area (Å²) in [7, 11) is 0. The summed E-state index contributed by atoms with van der Waals surface area (Å²) in [5.74, 6) is 30.5. The third-order valence-electron chi connectivity index (χ3n) is 35.1. The van der Waals surface area contributed by atoms with Crippen LogP contribution in [0.25, 0.3) is 0 Å². The average molecular weight is 1870 g/mol. The molecule has 0 nitrogen and oxygen atoms in total. The van der Waals surface area contributed by atoms with Gasteiger partial charge in [-0.3, -0.25) is 0 Å². The highest BCUT2D eigenvalue weighted by atomic mass is 14.3. The molecule has 0 aromatic heterocycles. The van der Waals surface area contributed by atoms with Gasteiger partial charge in [0.25, 0.3) is 0 Å². The van der Waals surface area contributed by atoms with Crippen LogP contribution in [0.5, 0.6) is 0 Å². The molecule has 0 N–H and O–H groups in total. The van der Waals surface area contributed by atoms with Crippen molar-refractivity contribution in [1.29, 1.82) is 0 Å². The lowest BCUT2D eigenvalue weighted by molar-refractivity contribution is 0.197. The van der Waals surface area contributed by atoms with Crippen LogP contribution in [0.2, 0.25) is 0 Å². The van der Waals surface area contributed by atoms with Crippen molar-refractivity contribution in [3.05, 3.63) is 0 Å². The van der Waals surface area contributed by atoms with E-state index in [1.54, 1.807) is 0 Å². The van der Waals surface area contributed by atoms with E-state index in [0.29, 0.717) is 0 Å². The van der Waals surface area contributed by atoms with Gasteiger partial charge in [0.05, 0.1) is 0 Å². The largest absolute Gasteiger partial charge is 0.0654 e. The maximum Gasteiger partial charge on any atom is -0.0391 e. The molecule has 810 valence electrons. The van der Waals surface area contributed by atoms with Gasteiger partial charge in [0.15, 0.2) is 0 Å².